The van der Waals surface area contributed by atoms with E-state index in [1.54, 1.807) is 67.3 Å². The summed E-state index contributed by atoms with van der Waals surface area (Å²) in [6, 6.07) is 16.3. The zero-order valence-electron chi connectivity index (χ0n) is 22.2. The van der Waals surface area contributed by atoms with Gasteiger partial charge in [-0.1, -0.05) is 47.5 Å². The summed E-state index contributed by atoms with van der Waals surface area (Å²) in [5.41, 5.74) is 0.780. The highest BCUT2D eigenvalue weighted by Crippen LogP contribution is 2.47. The van der Waals surface area contributed by atoms with Gasteiger partial charge in [0.1, 0.15) is 0 Å². The molecule has 204 valence electrons. The lowest BCUT2D eigenvalue weighted by Gasteiger charge is -2.40. The largest absolute Gasteiger partial charge is 0.385 e. The van der Waals surface area contributed by atoms with Crippen molar-refractivity contribution in [3.63, 3.8) is 0 Å². The van der Waals surface area contributed by atoms with Gasteiger partial charge in [-0.25, -0.2) is 0 Å². The van der Waals surface area contributed by atoms with Crippen molar-refractivity contribution < 1.29 is 19.4 Å². The van der Waals surface area contributed by atoms with Gasteiger partial charge in [-0.3, -0.25) is 19.5 Å². The van der Waals surface area contributed by atoms with Crippen molar-refractivity contribution in [2.24, 2.45) is 5.92 Å². The Balaban J connectivity index is 1.57. The smallest absolute Gasteiger partial charge is 0.257 e. The highest BCUT2D eigenvalue weighted by atomic mass is 35.5. The summed E-state index contributed by atoms with van der Waals surface area (Å²) in [7, 11) is 1.58. The number of nitrogens with zero attached hydrogens (tertiary/aromatic N) is 3. The van der Waals surface area contributed by atoms with Crippen molar-refractivity contribution in [1.82, 2.24) is 14.8 Å². The summed E-state index contributed by atoms with van der Waals surface area (Å²) in [6.07, 6.45) is 2.91. The first-order valence-electron chi connectivity index (χ1n) is 12.9. The topological polar surface area (TPSA) is 83.0 Å². The van der Waals surface area contributed by atoms with Gasteiger partial charge in [-0.05, 0) is 61.6 Å². The van der Waals surface area contributed by atoms with Crippen LogP contribution in [-0.4, -0.2) is 51.9 Å². The highest BCUT2D eigenvalue weighted by molar-refractivity contribution is 6.30. The van der Waals surface area contributed by atoms with Gasteiger partial charge >= 0.3 is 0 Å². The minimum Gasteiger partial charge on any atom is -0.385 e. The number of carbonyl (C=O) groups excluding carboxylic acids is 2. The number of hydrogen-bond acceptors (Lipinski definition) is 5. The lowest BCUT2D eigenvalue weighted by Crippen LogP contribution is -2.45. The number of aromatic nitrogens is 1. The molecule has 3 heterocycles. The molecule has 2 aliphatic rings. The fourth-order valence-corrected chi connectivity index (χ4v) is 6.17. The summed E-state index contributed by atoms with van der Waals surface area (Å²) in [5.74, 6) is -0.243. The fourth-order valence-electron chi connectivity index (χ4n) is 5.93. The van der Waals surface area contributed by atoms with Crippen molar-refractivity contribution >= 4 is 35.0 Å². The zero-order valence-corrected chi connectivity index (χ0v) is 23.7. The average molecular weight is 569 g/mol. The maximum absolute atomic E-state index is 14.1. The first kappa shape index (κ1) is 27.6. The number of hydrogen-bond donors (Lipinski definition) is 1. The van der Waals surface area contributed by atoms with Gasteiger partial charge in [0.15, 0.2) is 5.72 Å². The Morgan fingerprint density at radius 3 is 2.36 bits per heavy atom. The van der Waals surface area contributed by atoms with Crippen LogP contribution in [0.2, 0.25) is 10.0 Å². The van der Waals surface area contributed by atoms with E-state index in [-0.39, 0.29) is 24.3 Å². The molecule has 9 heteroatoms. The quantitative estimate of drug-likeness (QED) is 0.433. The molecule has 1 N–H and O–H groups in total. The number of methoxy groups -OCH3 is 1. The van der Waals surface area contributed by atoms with Gasteiger partial charge in [-0.2, -0.15) is 0 Å². The number of benzene rings is 2. The van der Waals surface area contributed by atoms with E-state index in [1.165, 1.54) is 0 Å². The van der Waals surface area contributed by atoms with E-state index in [1.807, 2.05) is 24.3 Å². The van der Waals surface area contributed by atoms with Crippen LogP contribution in [0.25, 0.3) is 0 Å². The molecular formula is C30H31Cl2N3O4. The van der Waals surface area contributed by atoms with Crippen LogP contribution in [0.15, 0.2) is 60.8 Å². The average Bonchev–Trinajstić information content (AvgIpc) is 3.17. The first-order valence-corrected chi connectivity index (χ1v) is 13.7. The summed E-state index contributed by atoms with van der Waals surface area (Å²) in [6.45, 7) is 4.74. The van der Waals surface area contributed by atoms with E-state index in [0.29, 0.717) is 58.4 Å². The Labute approximate surface area is 238 Å². The van der Waals surface area contributed by atoms with Crippen molar-refractivity contribution in [2.75, 3.05) is 20.2 Å². The molecule has 0 spiro atoms. The predicted octanol–water partition coefficient (Wildman–Crippen LogP) is 5.36. The standard InChI is InChI=1S/C30H31Cl2N3O4/c1-19(36)34-14-12-20(13-15-34)29(2,38)22-6-11-27-26(16-22)28(37)35(18-25-10-9-24(32)17-33-25)30(27,39-3)21-4-7-23(31)8-5-21/h4-11,16-17,20,38H,12-15,18H2,1-3H3/t29?,30-/m1/s1. The second-order valence-electron chi connectivity index (χ2n) is 10.4. The summed E-state index contributed by atoms with van der Waals surface area (Å²) in [4.78, 5) is 33.8. The highest BCUT2D eigenvalue weighted by Gasteiger charge is 2.52. The molecule has 2 atom stereocenters. The molecule has 39 heavy (non-hydrogen) atoms. The van der Waals surface area contributed by atoms with Crippen LogP contribution in [-0.2, 0) is 27.4 Å². The third-order valence-corrected chi connectivity index (χ3v) is 8.68. The Kier molecular flexibility index (Phi) is 7.46. The number of fused-ring (bicyclic) bond motifs is 1. The summed E-state index contributed by atoms with van der Waals surface area (Å²) < 4.78 is 6.21. The van der Waals surface area contributed by atoms with E-state index in [9.17, 15) is 14.7 Å². The molecule has 1 fully saturated rings. The third-order valence-electron chi connectivity index (χ3n) is 8.20. The molecular weight excluding hydrogens is 537 g/mol. The number of halogens is 2. The lowest BCUT2D eigenvalue weighted by atomic mass is 9.76. The van der Waals surface area contributed by atoms with Crippen LogP contribution in [0.5, 0.6) is 0 Å². The molecule has 0 bridgehead atoms. The van der Waals surface area contributed by atoms with Crippen LogP contribution in [0.4, 0.5) is 0 Å². The normalized spacial score (nSPS) is 21.1. The molecule has 0 saturated carbocycles. The van der Waals surface area contributed by atoms with Gasteiger partial charge in [-0.15, -0.1) is 0 Å². The van der Waals surface area contributed by atoms with Crippen LogP contribution in [0.3, 0.4) is 0 Å². The van der Waals surface area contributed by atoms with Crippen LogP contribution in [0, 0.1) is 5.92 Å². The maximum atomic E-state index is 14.1. The summed E-state index contributed by atoms with van der Waals surface area (Å²) >= 11 is 12.2. The van der Waals surface area contributed by atoms with E-state index < -0.39 is 11.3 Å². The minimum atomic E-state index is -1.23. The van der Waals surface area contributed by atoms with Crippen molar-refractivity contribution in [3.05, 3.63) is 98.8 Å². The molecule has 1 unspecified atom stereocenters. The van der Waals surface area contributed by atoms with Gasteiger partial charge in [0.2, 0.25) is 5.91 Å². The minimum absolute atomic E-state index is 0.0459. The SMILES string of the molecule is CO[C@]1(c2ccc(Cl)cc2)c2ccc(C(C)(O)C3CCN(C(C)=O)CC3)cc2C(=O)N1Cc1ccc(Cl)cn1. The number of ether oxygens (including phenoxy) is 1. The number of rotatable bonds is 6. The molecule has 0 aliphatic carbocycles. The molecule has 3 aromatic rings. The monoisotopic (exact) mass is 567 g/mol. The van der Waals surface area contributed by atoms with E-state index in [0.717, 1.165) is 5.56 Å². The van der Waals surface area contributed by atoms with Crippen molar-refractivity contribution in [3.8, 4) is 0 Å². The molecule has 5 rings (SSSR count). The molecule has 2 aliphatic heterocycles. The number of pyridine rings is 1. The Morgan fingerprint density at radius 1 is 1.10 bits per heavy atom. The second kappa shape index (κ2) is 10.5. The maximum Gasteiger partial charge on any atom is 0.257 e. The van der Waals surface area contributed by atoms with Gasteiger partial charge < -0.3 is 14.7 Å². The number of piperidine rings is 1. The van der Waals surface area contributed by atoms with E-state index >= 15 is 0 Å². The predicted molar refractivity (Wildman–Crippen MR) is 149 cm³/mol. The Bertz CT molecular complexity index is 1390. The molecule has 2 amide bonds. The van der Waals surface area contributed by atoms with E-state index in [4.69, 9.17) is 27.9 Å². The van der Waals surface area contributed by atoms with Crippen LogP contribution >= 0.6 is 23.2 Å². The number of likely N-dealkylation sites (tertiary alicyclic amines) is 1. The number of carbonyl (C=O) groups is 2. The van der Waals surface area contributed by atoms with Crippen molar-refractivity contribution in [2.45, 2.75) is 44.6 Å². The van der Waals surface area contributed by atoms with Gasteiger partial charge in [0.05, 0.1) is 22.9 Å². The van der Waals surface area contributed by atoms with Gasteiger partial charge in [0, 0.05) is 55.0 Å². The second-order valence-corrected chi connectivity index (χ2v) is 11.3. The third kappa shape index (κ3) is 4.82. The Hall–Kier alpha value is -2.97. The first-order chi connectivity index (χ1) is 18.6. The molecule has 0 radical (unpaired) electrons. The Morgan fingerprint density at radius 2 is 1.77 bits per heavy atom. The number of amides is 2. The van der Waals surface area contributed by atoms with Gasteiger partial charge in [0.25, 0.3) is 5.91 Å². The summed E-state index contributed by atoms with van der Waals surface area (Å²) in [5, 5.41) is 12.8. The van der Waals surface area contributed by atoms with E-state index in [2.05, 4.69) is 4.98 Å². The van der Waals surface area contributed by atoms with Crippen LogP contribution < -0.4 is 0 Å². The molecule has 2 aromatic carbocycles. The molecule has 7 nitrogen and oxygen atoms in total. The number of aliphatic hydroxyl groups is 1. The molecule has 1 aromatic heterocycles. The van der Waals surface area contributed by atoms with Crippen LogP contribution in [0.1, 0.15) is 59.4 Å². The zero-order chi connectivity index (χ0) is 27.9. The van der Waals surface area contributed by atoms with Crippen molar-refractivity contribution in [1.29, 1.82) is 0 Å². The lowest BCUT2D eigenvalue weighted by molar-refractivity contribution is -0.132. The fraction of sp³-hybridized carbons (Fsp3) is 0.367. The molecule has 1 saturated heterocycles.